The van der Waals surface area contributed by atoms with Crippen LogP contribution in [-0.2, 0) is 11.3 Å². The zero-order valence-electron chi connectivity index (χ0n) is 14.2. The highest BCUT2D eigenvalue weighted by Crippen LogP contribution is 2.38. The Morgan fingerprint density at radius 1 is 1.28 bits per heavy atom. The molecule has 25 heavy (non-hydrogen) atoms. The maximum atomic E-state index is 13.0. The smallest absolute Gasteiger partial charge is 0.325 e. The van der Waals surface area contributed by atoms with E-state index in [1.165, 1.54) is 11.2 Å². The van der Waals surface area contributed by atoms with E-state index in [-0.39, 0.29) is 24.4 Å². The fourth-order valence-electron chi connectivity index (χ4n) is 3.89. The number of benzene rings is 1. The molecule has 2 unspecified atom stereocenters. The van der Waals surface area contributed by atoms with Crippen LogP contribution in [0.15, 0.2) is 41.0 Å². The van der Waals surface area contributed by atoms with Gasteiger partial charge in [0.05, 0.1) is 12.2 Å². The first-order chi connectivity index (χ1) is 12.1. The molecular formula is C19H21N3O3. The molecule has 1 aliphatic heterocycles. The van der Waals surface area contributed by atoms with E-state index < -0.39 is 5.54 Å². The number of hydrogen-bond acceptors (Lipinski definition) is 4. The summed E-state index contributed by atoms with van der Waals surface area (Å²) in [7, 11) is 0. The van der Waals surface area contributed by atoms with Crippen molar-refractivity contribution in [3.8, 4) is 11.5 Å². The number of urea groups is 1. The average molecular weight is 339 g/mol. The van der Waals surface area contributed by atoms with Crippen molar-refractivity contribution in [2.75, 3.05) is 0 Å². The van der Waals surface area contributed by atoms with Gasteiger partial charge in [0.1, 0.15) is 11.8 Å². The van der Waals surface area contributed by atoms with Crippen molar-refractivity contribution in [2.45, 2.75) is 44.7 Å². The number of rotatable bonds is 3. The van der Waals surface area contributed by atoms with E-state index in [9.17, 15) is 9.59 Å². The first kappa shape index (κ1) is 15.9. The molecule has 1 aromatic carbocycles. The third-order valence-corrected chi connectivity index (χ3v) is 5.39. The van der Waals surface area contributed by atoms with E-state index in [0.29, 0.717) is 18.0 Å². The predicted octanol–water partition coefficient (Wildman–Crippen LogP) is 3.34. The Balaban J connectivity index is 1.54. The van der Waals surface area contributed by atoms with Gasteiger partial charge >= 0.3 is 6.03 Å². The van der Waals surface area contributed by atoms with Gasteiger partial charge in [-0.15, -0.1) is 0 Å². The number of oxazole rings is 1. The minimum atomic E-state index is -0.735. The van der Waals surface area contributed by atoms with Crippen molar-refractivity contribution in [3.63, 3.8) is 0 Å². The quantitative estimate of drug-likeness (QED) is 0.870. The van der Waals surface area contributed by atoms with Gasteiger partial charge in [-0.1, -0.05) is 38.0 Å². The molecule has 1 spiro atoms. The molecule has 1 aliphatic carbocycles. The molecule has 1 aromatic heterocycles. The summed E-state index contributed by atoms with van der Waals surface area (Å²) in [4.78, 5) is 31.1. The lowest BCUT2D eigenvalue weighted by molar-refractivity contribution is -0.134. The molecule has 1 saturated heterocycles. The van der Waals surface area contributed by atoms with Crippen LogP contribution in [0.1, 0.15) is 38.3 Å². The van der Waals surface area contributed by atoms with E-state index >= 15 is 0 Å². The molecule has 6 heteroatoms. The Hall–Kier alpha value is -2.63. The summed E-state index contributed by atoms with van der Waals surface area (Å²) >= 11 is 0. The second-order valence-corrected chi connectivity index (χ2v) is 6.95. The monoisotopic (exact) mass is 339 g/mol. The Kier molecular flexibility index (Phi) is 3.82. The highest BCUT2D eigenvalue weighted by Gasteiger charge is 2.54. The highest BCUT2D eigenvalue weighted by atomic mass is 16.3. The average Bonchev–Trinajstić information content (AvgIpc) is 3.18. The van der Waals surface area contributed by atoms with Crippen LogP contribution in [0.3, 0.4) is 0 Å². The number of nitrogens with one attached hydrogen (secondary N) is 1. The van der Waals surface area contributed by atoms with Crippen LogP contribution in [0.5, 0.6) is 0 Å². The molecule has 2 fully saturated rings. The zero-order chi connectivity index (χ0) is 17.4. The molecule has 2 heterocycles. The standard InChI is InChI=1S/C19H21N3O3/c1-13-7-5-6-10-19(13)17(23)22(18(24)21-19)11-15-12-25-16(20-15)14-8-3-2-4-9-14/h2-4,8-9,12-13H,5-7,10-11H2,1H3,(H,21,24). The van der Waals surface area contributed by atoms with Crippen molar-refractivity contribution < 1.29 is 14.0 Å². The van der Waals surface area contributed by atoms with Crippen molar-refractivity contribution in [1.82, 2.24) is 15.2 Å². The van der Waals surface area contributed by atoms with Gasteiger partial charge in [-0.2, -0.15) is 0 Å². The van der Waals surface area contributed by atoms with Crippen LogP contribution < -0.4 is 5.32 Å². The van der Waals surface area contributed by atoms with Gasteiger partial charge in [0.15, 0.2) is 0 Å². The SMILES string of the molecule is CC1CCCCC12NC(=O)N(Cc1coc(-c3ccccc3)n1)C2=O. The normalized spacial score (nSPS) is 26.3. The third-order valence-electron chi connectivity index (χ3n) is 5.39. The molecule has 130 valence electrons. The van der Waals surface area contributed by atoms with Gasteiger partial charge in [0, 0.05) is 5.56 Å². The first-order valence-corrected chi connectivity index (χ1v) is 8.74. The Morgan fingerprint density at radius 3 is 2.84 bits per heavy atom. The van der Waals surface area contributed by atoms with Crippen molar-refractivity contribution >= 4 is 11.9 Å². The molecule has 0 radical (unpaired) electrons. The van der Waals surface area contributed by atoms with Crippen LogP contribution in [0.4, 0.5) is 4.79 Å². The first-order valence-electron chi connectivity index (χ1n) is 8.74. The Bertz CT molecular complexity index is 801. The van der Waals surface area contributed by atoms with E-state index in [1.807, 2.05) is 37.3 Å². The van der Waals surface area contributed by atoms with Crippen LogP contribution >= 0.6 is 0 Å². The molecule has 2 aromatic rings. The minimum absolute atomic E-state index is 0.131. The largest absolute Gasteiger partial charge is 0.444 e. The van der Waals surface area contributed by atoms with E-state index in [0.717, 1.165) is 24.8 Å². The molecule has 3 amide bonds. The number of amides is 3. The van der Waals surface area contributed by atoms with Gasteiger partial charge in [-0.05, 0) is 30.9 Å². The van der Waals surface area contributed by atoms with Gasteiger partial charge in [0.25, 0.3) is 5.91 Å². The van der Waals surface area contributed by atoms with Crippen LogP contribution in [0.25, 0.3) is 11.5 Å². The molecule has 2 atom stereocenters. The maximum absolute atomic E-state index is 13.0. The molecule has 0 bridgehead atoms. The Labute approximate surface area is 146 Å². The maximum Gasteiger partial charge on any atom is 0.325 e. The molecule has 4 rings (SSSR count). The third kappa shape index (κ3) is 2.62. The Morgan fingerprint density at radius 2 is 2.08 bits per heavy atom. The van der Waals surface area contributed by atoms with Gasteiger partial charge in [-0.3, -0.25) is 9.69 Å². The van der Waals surface area contributed by atoms with Crippen molar-refractivity contribution in [3.05, 3.63) is 42.3 Å². The number of nitrogens with zero attached hydrogens (tertiary/aromatic N) is 2. The van der Waals surface area contributed by atoms with Gasteiger partial charge in [0.2, 0.25) is 5.89 Å². The predicted molar refractivity (Wildman–Crippen MR) is 91.4 cm³/mol. The fourth-order valence-corrected chi connectivity index (χ4v) is 3.89. The van der Waals surface area contributed by atoms with Gasteiger partial charge < -0.3 is 9.73 Å². The lowest BCUT2D eigenvalue weighted by Gasteiger charge is -2.36. The summed E-state index contributed by atoms with van der Waals surface area (Å²) < 4.78 is 5.51. The number of imide groups is 1. The number of aromatic nitrogens is 1. The summed E-state index contributed by atoms with van der Waals surface area (Å²) in [5, 5.41) is 2.96. The lowest BCUT2D eigenvalue weighted by Crippen LogP contribution is -2.53. The van der Waals surface area contributed by atoms with E-state index in [1.54, 1.807) is 0 Å². The second kappa shape index (κ2) is 6.02. The zero-order valence-corrected chi connectivity index (χ0v) is 14.2. The fraction of sp³-hybridized carbons (Fsp3) is 0.421. The van der Waals surface area contributed by atoms with Crippen LogP contribution in [0, 0.1) is 5.92 Å². The van der Waals surface area contributed by atoms with E-state index in [4.69, 9.17) is 4.42 Å². The molecule has 6 nitrogen and oxygen atoms in total. The highest BCUT2D eigenvalue weighted by molar-refractivity contribution is 6.07. The molecular weight excluding hydrogens is 318 g/mol. The lowest BCUT2D eigenvalue weighted by atomic mass is 9.73. The summed E-state index contributed by atoms with van der Waals surface area (Å²) in [6.07, 6.45) is 5.26. The van der Waals surface area contributed by atoms with Gasteiger partial charge in [-0.25, -0.2) is 9.78 Å². The van der Waals surface area contributed by atoms with Crippen LogP contribution in [0.2, 0.25) is 0 Å². The number of hydrogen-bond donors (Lipinski definition) is 1. The van der Waals surface area contributed by atoms with E-state index in [2.05, 4.69) is 10.3 Å². The molecule has 2 aliphatic rings. The minimum Gasteiger partial charge on any atom is -0.444 e. The summed E-state index contributed by atoms with van der Waals surface area (Å²) in [6.45, 7) is 2.18. The molecule has 1 N–H and O–H groups in total. The summed E-state index contributed by atoms with van der Waals surface area (Å²) in [5.74, 6) is 0.511. The molecule has 1 saturated carbocycles. The number of carbonyl (C=O) groups excluding carboxylic acids is 2. The van der Waals surface area contributed by atoms with Crippen molar-refractivity contribution in [1.29, 1.82) is 0 Å². The van der Waals surface area contributed by atoms with Crippen molar-refractivity contribution in [2.24, 2.45) is 5.92 Å². The van der Waals surface area contributed by atoms with Crippen LogP contribution in [-0.4, -0.2) is 27.4 Å². The second-order valence-electron chi connectivity index (χ2n) is 6.95. The summed E-state index contributed by atoms with van der Waals surface area (Å²) in [6, 6.07) is 9.22. The topological polar surface area (TPSA) is 75.4 Å². The number of carbonyl (C=O) groups is 2. The summed E-state index contributed by atoms with van der Waals surface area (Å²) in [5.41, 5.74) is 0.701.